The average molecular weight is 1070 g/mol. The molecule has 1 nitrogen and oxygen atoms in total. The van der Waals surface area contributed by atoms with Crippen LogP contribution < -0.4 is 5.73 Å². The maximum atomic E-state index is 6.74. The lowest BCUT2D eigenvalue weighted by molar-refractivity contribution is 0.507. The average Bonchev–Trinajstić information content (AvgIpc) is 3.54. The van der Waals surface area contributed by atoms with Gasteiger partial charge in [0.05, 0.1) is 0 Å². The van der Waals surface area contributed by atoms with E-state index in [1.165, 1.54) is 350 Å². The second-order valence-electron chi connectivity index (χ2n) is 25.0. The first-order valence-corrected chi connectivity index (χ1v) is 34.8. The molecule has 2 N–H and O–H groups in total. The normalized spacial score (nSPS) is 12.0. The van der Waals surface area contributed by atoms with Crippen LogP contribution >= 0.6 is 0 Å². The van der Waals surface area contributed by atoms with Gasteiger partial charge in [0.15, 0.2) is 0 Å². The smallest absolute Gasteiger partial charge is 0.0301 e. The van der Waals surface area contributed by atoms with Gasteiger partial charge in [-0.1, -0.05) is 400 Å². The van der Waals surface area contributed by atoms with Crippen molar-refractivity contribution >= 4 is 43.1 Å². The predicted octanol–water partition coefficient (Wildman–Crippen LogP) is 26.7. The second-order valence-corrected chi connectivity index (χ2v) is 25.0. The van der Waals surface area contributed by atoms with Crippen LogP contribution in [0.2, 0.25) is 0 Å². The number of unbranched alkanes of at least 4 members (excludes halogenated alkanes) is 46. The molecular formula is C78H121N. The Morgan fingerprint density at radius 1 is 0.228 bits per heavy atom. The van der Waals surface area contributed by atoms with Crippen LogP contribution in [0.4, 0.5) is 0 Å². The zero-order chi connectivity index (χ0) is 55.1. The molecule has 0 fully saturated rings. The lowest BCUT2D eigenvalue weighted by Crippen LogP contribution is -2.10. The van der Waals surface area contributed by atoms with Crippen LogP contribution in [0.25, 0.3) is 43.1 Å². The van der Waals surface area contributed by atoms with E-state index in [-0.39, 0.29) is 6.04 Å². The Labute approximate surface area is 488 Å². The van der Waals surface area contributed by atoms with E-state index in [0.717, 1.165) is 6.42 Å². The van der Waals surface area contributed by atoms with Gasteiger partial charge in [-0.05, 0) is 79.3 Å². The maximum absolute atomic E-state index is 6.74. The van der Waals surface area contributed by atoms with E-state index < -0.39 is 0 Å². The van der Waals surface area contributed by atoms with Crippen LogP contribution in [0.5, 0.6) is 0 Å². The van der Waals surface area contributed by atoms with E-state index in [4.69, 9.17) is 5.73 Å². The second kappa shape index (κ2) is 45.9. The van der Waals surface area contributed by atoms with Crippen molar-refractivity contribution in [3.8, 4) is 0 Å². The molecule has 0 saturated heterocycles. The van der Waals surface area contributed by atoms with Crippen LogP contribution in [0.15, 0.2) is 115 Å². The Balaban J connectivity index is 0.000000696. The third-order valence-electron chi connectivity index (χ3n) is 17.9. The lowest BCUT2D eigenvalue weighted by Gasteiger charge is -2.15. The maximum Gasteiger partial charge on any atom is 0.0301 e. The van der Waals surface area contributed by atoms with E-state index >= 15 is 0 Å². The first-order chi connectivity index (χ1) is 39.2. The minimum Gasteiger partial charge on any atom is -0.324 e. The van der Waals surface area contributed by atoms with Crippen molar-refractivity contribution in [2.75, 3.05) is 0 Å². The summed E-state index contributed by atoms with van der Waals surface area (Å²) in [5.41, 5.74) is 8.06. The summed E-state index contributed by atoms with van der Waals surface area (Å²) in [6, 6.07) is 41.5. The van der Waals surface area contributed by atoms with E-state index in [9.17, 15) is 0 Å². The highest BCUT2D eigenvalue weighted by atomic mass is 14.6. The van der Waals surface area contributed by atoms with Gasteiger partial charge >= 0.3 is 0 Å². The van der Waals surface area contributed by atoms with Crippen molar-refractivity contribution in [3.05, 3.63) is 121 Å². The predicted molar refractivity (Wildman–Crippen MR) is 357 cm³/mol. The molecule has 1 unspecified atom stereocenters. The summed E-state index contributed by atoms with van der Waals surface area (Å²) in [6.45, 7) is 2.31. The zero-order valence-electron chi connectivity index (χ0n) is 51.6. The molecule has 0 aliphatic carbocycles. The van der Waals surface area contributed by atoms with Gasteiger partial charge in [-0.25, -0.2) is 0 Å². The van der Waals surface area contributed by atoms with Gasteiger partial charge in [-0.3, -0.25) is 0 Å². The number of rotatable bonds is 49. The Bertz CT molecular complexity index is 2230. The molecule has 6 aromatic rings. The van der Waals surface area contributed by atoms with E-state index in [1.54, 1.807) is 0 Å². The van der Waals surface area contributed by atoms with Crippen molar-refractivity contribution in [2.45, 2.75) is 321 Å². The first-order valence-electron chi connectivity index (χ1n) is 34.8. The van der Waals surface area contributed by atoms with Gasteiger partial charge in [0.25, 0.3) is 0 Å². The number of benzene rings is 6. The van der Waals surface area contributed by atoms with Crippen LogP contribution in [0, 0.1) is 0 Å². The van der Waals surface area contributed by atoms with Crippen molar-refractivity contribution in [2.24, 2.45) is 5.73 Å². The summed E-state index contributed by atoms with van der Waals surface area (Å²) in [7, 11) is 0. The molecule has 1 atom stereocenters. The Morgan fingerprint density at radius 2 is 0.430 bits per heavy atom. The molecule has 0 aliphatic heterocycles. The molecule has 1 heteroatoms. The quantitative estimate of drug-likeness (QED) is 0.0299. The first kappa shape index (κ1) is 66.1. The van der Waals surface area contributed by atoms with Gasteiger partial charge in [0.2, 0.25) is 0 Å². The third kappa shape index (κ3) is 30.8. The molecule has 6 rings (SSSR count). The van der Waals surface area contributed by atoms with Crippen molar-refractivity contribution < 1.29 is 0 Å². The molecular weight excluding hydrogens is 951 g/mol. The Hall–Kier alpha value is -3.68. The van der Waals surface area contributed by atoms with Gasteiger partial charge < -0.3 is 5.73 Å². The monoisotopic (exact) mass is 1070 g/mol. The molecule has 0 radical (unpaired) electrons. The standard InChI is InChI=1S/C64H111N.C14H10/c1-2-3-4-5-6-7-8-9-10-11-12-13-14-15-16-17-18-19-20-21-22-23-24-25-26-27-28-29-30-31-32-33-34-35-36-37-38-39-40-41-42-43-44-45-46-47-48-56-64(65)62-55-51-54-61-57-59-52-49-50-53-60(59)58-63(61)62;1-2-6-12-10-14-8-4-3-7-13(14)9-11(12)5-1/h49-55,57-58,64H,2-48,56,65H2,1H3;1-10H. The summed E-state index contributed by atoms with van der Waals surface area (Å²) in [5, 5.41) is 10.5. The van der Waals surface area contributed by atoms with Crippen molar-refractivity contribution in [3.63, 3.8) is 0 Å². The SMILES string of the molecule is CCCCCCCCCCCCCCCCCCCCCCCCCCCCCCCCCCCCCCCCCCCCCCCCCC(N)c1cccc2cc3ccccc3cc12.c1ccc2cc3ccccc3cc2c1. The molecule has 0 aliphatic rings. The highest BCUT2D eigenvalue weighted by Crippen LogP contribution is 2.31. The highest BCUT2D eigenvalue weighted by molar-refractivity contribution is 6.00. The number of hydrogen-bond donors (Lipinski definition) is 1. The Morgan fingerprint density at radius 3 is 0.684 bits per heavy atom. The summed E-state index contributed by atoms with van der Waals surface area (Å²) in [5.74, 6) is 0. The minimum absolute atomic E-state index is 0.132. The summed E-state index contributed by atoms with van der Waals surface area (Å²) in [4.78, 5) is 0. The molecule has 0 amide bonds. The molecule has 0 saturated carbocycles. The van der Waals surface area contributed by atoms with Crippen LogP contribution in [0.3, 0.4) is 0 Å². The van der Waals surface area contributed by atoms with Crippen LogP contribution in [-0.4, -0.2) is 0 Å². The fourth-order valence-electron chi connectivity index (χ4n) is 12.7. The van der Waals surface area contributed by atoms with Gasteiger partial charge in [-0.15, -0.1) is 0 Å². The number of nitrogens with two attached hydrogens (primary N) is 1. The third-order valence-corrected chi connectivity index (χ3v) is 17.9. The summed E-state index contributed by atoms with van der Waals surface area (Å²) < 4.78 is 0. The van der Waals surface area contributed by atoms with Gasteiger partial charge in [-0.2, -0.15) is 0 Å². The summed E-state index contributed by atoms with van der Waals surface area (Å²) >= 11 is 0. The molecule has 0 spiro atoms. The van der Waals surface area contributed by atoms with E-state index in [1.807, 2.05) is 0 Å². The largest absolute Gasteiger partial charge is 0.324 e. The van der Waals surface area contributed by atoms with Gasteiger partial charge in [0, 0.05) is 6.04 Å². The number of fused-ring (bicyclic) bond motifs is 4. The van der Waals surface area contributed by atoms with Crippen molar-refractivity contribution in [1.82, 2.24) is 0 Å². The van der Waals surface area contributed by atoms with Crippen LogP contribution in [0.1, 0.15) is 327 Å². The van der Waals surface area contributed by atoms with Crippen LogP contribution in [-0.2, 0) is 0 Å². The van der Waals surface area contributed by atoms with Crippen molar-refractivity contribution in [1.29, 1.82) is 0 Å². The topological polar surface area (TPSA) is 26.0 Å². The molecule has 79 heavy (non-hydrogen) atoms. The molecule has 0 bridgehead atoms. The molecule has 0 aromatic heterocycles. The number of hydrogen-bond acceptors (Lipinski definition) is 1. The highest BCUT2D eigenvalue weighted by Gasteiger charge is 2.11. The molecule has 0 heterocycles. The van der Waals surface area contributed by atoms with E-state index in [0.29, 0.717) is 0 Å². The van der Waals surface area contributed by atoms with Gasteiger partial charge in [0.1, 0.15) is 0 Å². The fraction of sp³-hybridized carbons (Fsp3) is 0.641. The zero-order valence-corrected chi connectivity index (χ0v) is 51.6. The molecule has 438 valence electrons. The van der Waals surface area contributed by atoms with E-state index in [2.05, 4.69) is 122 Å². The minimum atomic E-state index is 0.132. The fourth-order valence-corrected chi connectivity index (χ4v) is 12.7. The Kier molecular flexibility index (Phi) is 38.4. The summed E-state index contributed by atoms with van der Waals surface area (Å²) in [6.07, 6.45) is 69.9. The lowest BCUT2D eigenvalue weighted by atomic mass is 9.93. The molecule has 6 aromatic carbocycles.